The van der Waals surface area contributed by atoms with Gasteiger partial charge in [-0.05, 0) is 39.3 Å². The van der Waals surface area contributed by atoms with Crippen LogP contribution in [0.1, 0.15) is 37.6 Å². The van der Waals surface area contributed by atoms with Crippen LogP contribution in [-0.4, -0.2) is 18.5 Å². The maximum atomic E-state index is 12.0. The second-order valence-electron chi connectivity index (χ2n) is 4.46. The van der Waals surface area contributed by atoms with Crippen LogP contribution >= 0.6 is 0 Å². The van der Waals surface area contributed by atoms with Crippen molar-refractivity contribution in [3.8, 4) is 0 Å². The molecule has 18 heavy (non-hydrogen) atoms. The quantitative estimate of drug-likeness (QED) is 0.598. The third-order valence-corrected chi connectivity index (χ3v) is 2.45. The summed E-state index contributed by atoms with van der Waals surface area (Å²) in [5.74, 6) is -0.0248. The Kier molecular flexibility index (Phi) is 5.98. The molecule has 0 aliphatic carbocycles. The SMILES string of the molecule is C/C=C/CCNC(=O)c1ccccc1NC(C)C. The van der Waals surface area contributed by atoms with Crippen molar-refractivity contribution < 1.29 is 4.79 Å². The highest BCUT2D eigenvalue weighted by molar-refractivity contribution is 5.99. The molecule has 0 bridgehead atoms. The molecule has 1 rings (SSSR count). The van der Waals surface area contributed by atoms with Crippen LogP contribution in [0.25, 0.3) is 0 Å². The molecule has 3 heteroatoms. The Morgan fingerprint density at radius 2 is 2.06 bits per heavy atom. The number of allylic oxidation sites excluding steroid dienone is 1. The average Bonchev–Trinajstić information content (AvgIpc) is 2.34. The van der Waals surface area contributed by atoms with Crippen LogP contribution in [0, 0.1) is 0 Å². The molecular weight excluding hydrogens is 224 g/mol. The Bertz CT molecular complexity index is 411. The number of benzene rings is 1. The van der Waals surface area contributed by atoms with Crippen molar-refractivity contribution in [2.75, 3.05) is 11.9 Å². The summed E-state index contributed by atoms with van der Waals surface area (Å²) < 4.78 is 0. The third kappa shape index (κ3) is 4.62. The molecule has 98 valence electrons. The maximum Gasteiger partial charge on any atom is 0.253 e. The first kappa shape index (κ1) is 14.3. The molecule has 0 radical (unpaired) electrons. The molecule has 0 atom stereocenters. The minimum Gasteiger partial charge on any atom is -0.382 e. The highest BCUT2D eigenvalue weighted by Crippen LogP contribution is 2.15. The van der Waals surface area contributed by atoms with E-state index in [-0.39, 0.29) is 5.91 Å². The molecule has 1 amide bonds. The van der Waals surface area contributed by atoms with Gasteiger partial charge in [-0.2, -0.15) is 0 Å². The van der Waals surface area contributed by atoms with Gasteiger partial charge >= 0.3 is 0 Å². The molecule has 1 aromatic carbocycles. The monoisotopic (exact) mass is 246 g/mol. The fourth-order valence-corrected chi connectivity index (χ4v) is 1.65. The van der Waals surface area contributed by atoms with Gasteiger partial charge in [0.1, 0.15) is 0 Å². The van der Waals surface area contributed by atoms with E-state index in [0.29, 0.717) is 18.2 Å². The summed E-state index contributed by atoms with van der Waals surface area (Å²) in [4.78, 5) is 12.0. The van der Waals surface area contributed by atoms with Gasteiger partial charge in [0.2, 0.25) is 0 Å². The van der Waals surface area contributed by atoms with Gasteiger partial charge in [0.05, 0.1) is 5.56 Å². The molecule has 0 spiro atoms. The van der Waals surface area contributed by atoms with Crippen molar-refractivity contribution in [3.63, 3.8) is 0 Å². The highest BCUT2D eigenvalue weighted by atomic mass is 16.1. The van der Waals surface area contributed by atoms with E-state index in [2.05, 4.69) is 24.5 Å². The first-order valence-electron chi connectivity index (χ1n) is 6.40. The third-order valence-electron chi connectivity index (χ3n) is 2.45. The minimum atomic E-state index is -0.0248. The van der Waals surface area contributed by atoms with Crippen LogP contribution in [0.3, 0.4) is 0 Å². The first-order valence-corrected chi connectivity index (χ1v) is 6.40. The Balaban J connectivity index is 2.66. The summed E-state index contributed by atoms with van der Waals surface area (Å²) in [6.07, 6.45) is 4.89. The van der Waals surface area contributed by atoms with E-state index >= 15 is 0 Å². The van der Waals surface area contributed by atoms with Crippen LogP contribution < -0.4 is 10.6 Å². The molecule has 0 unspecified atom stereocenters. The van der Waals surface area contributed by atoms with Crippen molar-refractivity contribution >= 4 is 11.6 Å². The van der Waals surface area contributed by atoms with E-state index in [1.165, 1.54) is 0 Å². The Labute approximate surface area is 109 Å². The van der Waals surface area contributed by atoms with Crippen molar-refractivity contribution in [3.05, 3.63) is 42.0 Å². The summed E-state index contributed by atoms with van der Waals surface area (Å²) in [7, 11) is 0. The van der Waals surface area contributed by atoms with Crippen molar-refractivity contribution in [1.82, 2.24) is 5.32 Å². The lowest BCUT2D eigenvalue weighted by atomic mass is 10.1. The zero-order valence-corrected chi connectivity index (χ0v) is 11.4. The van der Waals surface area contributed by atoms with Gasteiger partial charge in [-0.25, -0.2) is 0 Å². The first-order chi connectivity index (χ1) is 8.65. The Morgan fingerprint density at radius 1 is 1.33 bits per heavy atom. The maximum absolute atomic E-state index is 12.0. The predicted molar refractivity (Wildman–Crippen MR) is 77.0 cm³/mol. The van der Waals surface area contributed by atoms with E-state index in [1.807, 2.05) is 43.3 Å². The second kappa shape index (κ2) is 7.54. The van der Waals surface area contributed by atoms with Gasteiger partial charge in [-0.1, -0.05) is 24.3 Å². The lowest BCUT2D eigenvalue weighted by Crippen LogP contribution is -2.25. The van der Waals surface area contributed by atoms with E-state index < -0.39 is 0 Å². The van der Waals surface area contributed by atoms with Crippen molar-refractivity contribution in [1.29, 1.82) is 0 Å². The molecule has 0 aromatic heterocycles. The summed E-state index contributed by atoms with van der Waals surface area (Å²) in [6.45, 7) is 6.75. The molecule has 3 nitrogen and oxygen atoms in total. The highest BCUT2D eigenvalue weighted by Gasteiger charge is 2.10. The lowest BCUT2D eigenvalue weighted by molar-refractivity contribution is 0.0955. The minimum absolute atomic E-state index is 0.0248. The summed E-state index contributed by atoms with van der Waals surface area (Å²) in [5, 5.41) is 6.20. The van der Waals surface area contributed by atoms with Gasteiger partial charge in [0.15, 0.2) is 0 Å². The molecule has 2 N–H and O–H groups in total. The van der Waals surface area contributed by atoms with Crippen LogP contribution in [0.5, 0.6) is 0 Å². The normalized spacial score (nSPS) is 10.9. The fraction of sp³-hybridized carbons (Fsp3) is 0.400. The van der Waals surface area contributed by atoms with Crippen LogP contribution in [-0.2, 0) is 0 Å². The van der Waals surface area contributed by atoms with E-state index in [4.69, 9.17) is 0 Å². The van der Waals surface area contributed by atoms with Crippen LogP contribution in [0.4, 0.5) is 5.69 Å². The number of nitrogens with one attached hydrogen (secondary N) is 2. The van der Waals surface area contributed by atoms with Gasteiger partial charge in [0, 0.05) is 18.3 Å². The van der Waals surface area contributed by atoms with Gasteiger partial charge in [-0.3, -0.25) is 4.79 Å². The molecule has 0 saturated heterocycles. The molecular formula is C15H22N2O. The van der Waals surface area contributed by atoms with Crippen LogP contribution in [0.2, 0.25) is 0 Å². The summed E-state index contributed by atoms with van der Waals surface area (Å²) in [6, 6.07) is 7.89. The molecule has 0 heterocycles. The Hall–Kier alpha value is -1.77. The number of hydrogen-bond acceptors (Lipinski definition) is 2. The molecule has 1 aromatic rings. The average molecular weight is 246 g/mol. The number of carbonyl (C=O) groups is 1. The van der Waals surface area contributed by atoms with Gasteiger partial charge in [0.25, 0.3) is 5.91 Å². The second-order valence-corrected chi connectivity index (χ2v) is 4.46. The predicted octanol–water partition coefficient (Wildman–Crippen LogP) is 3.20. The van der Waals surface area contributed by atoms with E-state index in [0.717, 1.165) is 12.1 Å². The van der Waals surface area contributed by atoms with Gasteiger partial charge < -0.3 is 10.6 Å². The standard InChI is InChI=1S/C15H22N2O/c1-4-5-8-11-16-15(18)13-9-6-7-10-14(13)17-12(2)3/h4-7,9-10,12,17H,8,11H2,1-3H3,(H,16,18)/b5-4+. The summed E-state index contributed by atoms with van der Waals surface area (Å²) in [5.41, 5.74) is 1.59. The van der Waals surface area contributed by atoms with E-state index in [1.54, 1.807) is 0 Å². The number of carbonyl (C=O) groups excluding carboxylic acids is 1. The molecule has 0 fully saturated rings. The number of amides is 1. The molecule has 0 saturated carbocycles. The Morgan fingerprint density at radius 3 is 2.72 bits per heavy atom. The summed E-state index contributed by atoms with van der Waals surface area (Å²) >= 11 is 0. The van der Waals surface area contributed by atoms with Crippen molar-refractivity contribution in [2.24, 2.45) is 0 Å². The van der Waals surface area contributed by atoms with Gasteiger partial charge in [-0.15, -0.1) is 0 Å². The smallest absolute Gasteiger partial charge is 0.253 e. The zero-order valence-electron chi connectivity index (χ0n) is 11.4. The number of anilines is 1. The lowest BCUT2D eigenvalue weighted by Gasteiger charge is -2.14. The van der Waals surface area contributed by atoms with Crippen molar-refractivity contribution in [2.45, 2.75) is 33.2 Å². The number of hydrogen-bond donors (Lipinski definition) is 2. The largest absolute Gasteiger partial charge is 0.382 e. The van der Waals surface area contributed by atoms with Crippen LogP contribution in [0.15, 0.2) is 36.4 Å². The molecule has 0 aliphatic heterocycles. The zero-order chi connectivity index (χ0) is 13.4. The number of rotatable bonds is 6. The topological polar surface area (TPSA) is 41.1 Å². The molecule has 0 aliphatic rings. The van der Waals surface area contributed by atoms with E-state index in [9.17, 15) is 4.79 Å². The number of para-hydroxylation sites is 1. The fourth-order valence-electron chi connectivity index (χ4n) is 1.65.